The normalized spacial score (nSPS) is 18.5. The third-order valence-corrected chi connectivity index (χ3v) is 6.26. The lowest BCUT2D eigenvalue weighted by atomic mass is 9.90. The number of nitrogens with two attached hydrogens (primary N) is 1. The summed E-state index contributed by atoms with van der Waals surface area (Å²) in [5.41, 5.74) is 8.52. The van der Waals surface area contributed by atoms with Crippen LogP contribution in [-0.2, 0) is 0 Å². The number of halogens is 1. The third kappa shape index (κ3) is 4.54. The molecule has 4 rings (SSSR count). The Hall–Kier alpha value is -2.99. The molecule has 0 spiro atoms. The van der Waals surface area contributed by atoms with Gasteiger partial charge in [0, 0.05) is 43.3 Å². The number of anilines is 3. The van der Waals surface area contributed by atoms with Gasteiger partial charge in [-0.1, -0.05) is 41.9 Å². The summed E-state index contributed by atoms with van der Waals surface area (Å²) in [5.74, 6) is 0.878. The highest BCUT2D eigenvalue weighted by atomic mass is 35.5. The van der Waals surface area contributed by atoms with Crippen LogP contribution in [0.2, 0.25) is 5.02 Å². The van der Waals surface area contributed by atoms with Crippen molar-refractivity contribution in [1.82, 2.24) is 4.98 Å². The Morgan fingerprint density at radius 3 is 2.39 bits per heavy atom. The predicted molar refractivity (Wildman–Crippen MR) is 129 cm³/mol. The number of amides is 2. The molecule has 1 aromatic heterocycles. The summed E-state index contributed by atoms with van der Waals surface area (Å²) in [6, 6.07) is 17.5. The molecule has 2 amide bonds. The first-order chi connectivity index (χ1) is 14.9. The number of carbonyl (C=O) groups is 1. The number of urea groups is 1. The zero-order chi connectivity index (χ0) is 22.0. The first-order valence-corrected chi connectivity index (χ1v) is 11.0. The molecule has 7 heteroatoms. The summed E-state index contributed by atoms with van der Waals surface area (Å²) in [6.07, 6.45) is 3.54. The van der Waals surface area contributed by atoms with Crippen molar-refractivity contribution in [3.05, 3.63) is 59.6 Å². The Kier molecular flexibility index (Phi) is 6.18. The first-order valence-electron chi connectivity index (χ1n) is 10.6. The monoisotopic (exact) mass is 437 g/mol. The van der Waals surface area contributed by atoms with Crippen LogP contribution in [0, 0.1) is 0 Å². The minimum atomic E-state index is -0.462. The lowest BCUT2D eigenvalue weighted by molar-refractivity contribution is 0.248. The van der Waals surface area contributed by atoms with E-state index in [4.69, 9.17) is 22.3 Å². The van der Waals surface area contributed by atoms with E-state index in [9.17, 15) is 4.79 Å². The first kappa shape index (κ1) is 21.2. The molecular weight excluding hydrogens is 410 g/mol. The largest absolute Gasteiger partial charge is 0.377 e. The second kappa shape index (κ2) is 9.02. The van der Waals surface area contributed by atoms with Crippen LogP contribution < -0.4 is 20.9 Å². The van der Waals surface area contributed by atoms with E-state index in [2.05, 4.69) is 22.3 Å². The van der Waals surface area contributed by atoms with Gasteiger partial charge in [0.25, 0.3) is 0 Å². The van der Waals surface area contributed by atoms with Gasteiger partial charge in [-0.25, -0.2) is 9.78 Å². The van der Waals surface area contributed by atoms with E-state index < -0.39 is 6.03 Å². The molecular formula is C24H28ClN5O. The van der Waals surface area contributed by atoms with Crippen molar-refractivity contribution in [2.45, 2.75) is 37.8 Å². The maximum absolute atomic E-state index is 12.2. The van der Waals surface area contributed by atoms with Gasteiger partial charge < -0.3 is 16.0 Å². The van der Waals surface area contributed by atoms with Crippen LogP contribution in [0.1, 0.15) is 25.7 Å². The number of hydrogen-bond donors (Lipinski definition) is 2. The van der Waals surface area contributed by atoms with Crippen LogP contribution in [-0.4, -0.2) is 37.2 Å². The van der Waals surface area contributed by atoms with Crippen LogP contribution in [0.15, 0.2) is 54.6 Å². The van der Waals surface area contributed by atoms with E-state index in [-0.39, 0.29) is 6.04 Å². The number of benzene rings is 2. The summed E-state index contributed by atoms with van der Waals surface area (Å²) in [4.78, 5) is 20.8. The molecule has 6 nitrogen and oxygen atoms in total. The fraction of sp³-hybridized carbons (Fsp3) is 0.333. The Morgan fingerprint density at radius 2 is 1.71 bits per heavy atom. The molecule has 3 aromatic rings. The molecule has 1 fully saturated rings. The number of nitrogens with zero attached hydrogens (tertiary/aromatic N) is 3. The minimum Gasteiger partial charge on any atom is -0.377 e. The zero-order valence-electron chi connectivity index (χ0n) is 17.9. The third-order valence-electron chi connectivity index (χ3n) is 5.94. The summed E-state index contributed by atoms with van der Waals surface area (Å²) in [7, 11) is 4.09. The van der Waals surface area contributed by atoms with Crippen molar-refractivity contribution in [3.63, 3.8) is 0 Å². The number of carbonyl (C=O) groups excluding carboxylic acids is 1. The summed E-state index contributed by atoms with van der Waals surface area (Å²) < 4.78 is 0. The fourth-order valence-corrected chi connectivity index (χ4v) is 4.66. The highest BCUT2D eigenvalue weighted by molar-refractivity contribution is 6.33. The van der Waals surface area contributed by atoms with Crippen molar-refractivity contribution in [2.75, 3.05) is 29.2 Å². The standard InChI is InChI=1S/C24H28ClN5O/c1-29(2)22-15-23(28-20-9-5-3-7-18(20)22)27-16-11-13-17(14-12-16)30(24(26)31)21-10-6-4-8-19(21)25/h3-10,15-17H,11-14H2,1-2H3,(H2,26,31)(H,27,28). The van der Waals surface area contributed by atoms with Crippen molar-refractivity contribution in [1.29, 1.82) is 0 Å². The van der Waals surface area contributed by atoms with E-state index in [1.807, 2.05) is 50.5 Å². The van der Waals surface area contributed by atoms with Gasteiger partial charge in [0.1, 0.15) is 5.82 Å². The van der Waals surface area contributed by atoms with Crippen molar-refractivity contribution >= 4 is 45.7 Å². The van der Waals surface area contributed by atoms with Crippen LogP contribution in [0.3, 0.4) is 0 Å². The van der Waals surface area contributed by atoms with Crippen molar-refractivity contribution in [2.24, 2.45) is 5.73 Å². The Morgan fingerprint density at radius 1 is 1.03 bits per heavy atom. The molecule has 31 heavy (non-hydrogen) atoms. The number of hydrogen-bond acceptors (Lipinski definition) is 4. The highest BCUT2D eigenvalue weighted by Gasteiger charge is 2.30. The number of para-hydroxylation sites is 2. The van der Waals surface area contributed by atoms with Crippen molar-refractivity contribution < 1.29 is 4.79 Å². The molecule has 0 bridgehead atoms. The maximum Gasteiger partial charge on any atom is 0.319 e. The van der Waals surface area contributed by atoms with Gasteiger partial charge in [-0.05, 0) is 43.9 Å². The number of pyridine rings is 1. The SMILES string of the molecule is CN(C)c1cc(NC2CCC(N(C(N)=O)c3ccccc3Cl)CC2)nc2ccccc12. The molecule has 2 aromatic carbocycles. The number of aromatic nitrogens is 1. The van der Waals surface area contributed by atoms with Gasteiger partial charge in [0.05, 0.1) is 16.2 Å². The molecule has 0 unspecified atom stereocenters. The molecule has 0 saturated heterocycles. The van der Waals surface area contributed by atoms with Crippen LogP contribution in [0.25, 0.3) is 10.9 Å². The van der Waals surface area contributed by atoms with Gasteiger partial charge >= 0.3 is 6.03 Å². The maximum atomic E-state index is 12.2. The average Bonchev–Trinajstić information content (AvgIpc) is 2.75. The molecule has 0 radical (unpaired) electrons. The van der Waals surface area contributed by atoms with Gasteiger partial charge in [0.2, 0.25) is 0 Å². The highest BCUT2D eigenvalue weighted by Crippen LogP contribution is 2.33. The average molecular weight is 438 g/mol. The Labute approximate surface area is 188 Å². The predicted octanol–water partition coefficient (Wildman–Crippen LogP) is 5.26. The van der Waals surface area contributed by atoms with Crippen LogP contribution in [0.4, 0.5) is 22.0 Å². The van der Waals surface area contributed by atoms with E-state index >= 15 is 0 Å². The number of fused-ring (bicyclic) bond motifs is 1. The second-order valence-corrected chi connectivity index (χ2v) is 8.65. The second-order valence-electron chi connectivity index (χ2n) is 8.25. The molecule has 1 saturated carbocycles. The van der Waals surface area contributed by atoms with E-state index in [0.717, 1.165) is 48.1 Å². The number of rotatable bonds is 5. The van der Waals surface area contributed by atoms with E-state index in [0.29, 0.717) is 16.8 Å². The fourth-order valence-electron chi connectivity index (χ4n) is 4.43. The molecule has 1 heterocycles. The molecule has 1 aliphatic carbocycles. The topological polar surface area (TPSA) is 74.5 Å². The van der Waals surface area contributed by atoms with Crippen molar-refractivity contribution in [3.8, 4) is 0 Å². The lowest BCUT2D eigenvalue weighted by Gasteiger charge is -2.36. The van der Waals surface area contributed by atoms with Gasteiger partial charge in [-0.3, -0.25) is 4.90 Å². The lowest BCUT2D eigenvalue weighted by Crippen LogP contribution is -2.47. The minimum absolute atomic E-state index is 0.0392. The number of nitrogens with one attached hydrogen (secondary N) is 1. The molecule has 0 atom stereocenters. The summed E-state index contributed by atoms with van der Waals surface area (Å²) >= 11 is 6.33. The molecule has 3 N–H and O–H groups in total. The quantitative estimate of drug-likeness (QED) is 0.570. The molecule has 162 valence electrons. The summed E-state index contributed by atoms with van der Waals surface area (Å²) in [6.45, 7) is 0. The van der Waals surface area contributed by atoms with E-state index in [1.165, 1.54) is 0 Å². The van der Waals surface area contributed by atoms with Gasteiger partial charge in [-0.15, -0.1) is 0 Å². The van der Waals surface area contributed by atoms with Crippen LogP contribution >= 0.6 is 11.6 Å². The van der Waals surface area contributed by atoms with Gasteiger partial charge in [-0.2, -0.15) is 0 Å². The zero-order valence-corrected chi connectivity index (χ0v) is 18.6. The Balaban J connectivity index is 1.48. The van der Waals surface area contributed by atoms with Gasteiger partial charge in [0.15, 0.2) is 0 Å². The van der Waals surface area contributed by atoms with E-state index in [1.54, 1.807) is 11.0 Å². The number of primary amides is 1. The molecule has 1 aliphatic rings. The summed E-state index contributed by atoms with van der Waals surface area (Å²) in [5, 5.41) is 5.29. The Bertz CT molecular complexity index is 1080. The smallest absolute Gasteiger partial charge is 0.319 e. The molecule has 0 aliphatic heterocycles. The van der Waals surface area contributed by atoms with Crippen LogP contribution in [0.5, 0.6) is 0 Å².